The zero-order valence-corrected chi connectivity index (χ0v) is 12.9. The number of aromatic nitrogens is 1. The predicted molar refractivity (Wildman–Crippen MR) is 89.3 cm³/mol. The molecule has 2 heterocycles. The average Bonchev–Trinajstić information content (AvgIpc) is 3.21. The highest BCUT2D eigenvalue weighted by Crippen LogP contribution is 2.33. The third kappa shape index (κ3) is 2.54. The summed E-state index contributed by atoms with van der Waals surface area (Å²) < 4.78 is 0. The van der Waals surface area contributed by atoms with Crippen LogP contribution in [-0.2, 0) is 4.79 Å². The molecular formula is C18H21N3O. The van der Waals surface area contributed by atoms with Crippen molar-refractivity contribution in [1.82, 2.24) is 4.98 Å². The van der Waals surface area contributed by atoms with Crippen LogP contribution in [0.2, 0.25) is 0 Å². The smallest absolute Gasteiger partial charge is 0.227 e. The Hall–Kier alpha value is -2.10. The largest absolute Gasteiger partial charge is 0.371 e. The van der Waals surface area contributed by atoms with E-state index in [-0.39, 0.29) is 11.8 Å². The fourth-order valence-electron chi connectivity index (χ4n) is 3.23. The average molecular weight is 295 g/mol. The molecule has 1 N–H and O–H groups in total. The van der Waals surface area contributed by atoms with Crippen LogP contribution in [0.4, 0.5) is 11.4 Å². The number of rotatable bonds is 3. The Bertz CT molecular complexity index is 730. The molecule has 1 aromatic heterocycles. The molecule has 2 aromatic rings. The van der Waals surface area contributed by atoms with E-state index in [1.165, 1.54) is 23.9 Å². The van der Waals surface area contributed by atoms with E-state index in [1.54, 1.807) is 0 Å². The summed E-state index contributed by atoms with van der Waals surface area (Å²) in [5.41, 5.74) is 4.13. The molecule has 2 fully saturated rings. The molecule has 1 amide bonds. The fourth-order valence-corrected chi connectivity index (χ4v) is 3.23. The Morgan fingerprint density at radius 2 is 2.00 bits per heavy atom. The van der Waals surface area contributed by atoms with Crippen LogP contribution < -0.4 is 10.2 Å². The minimum atomic E-state index is 0.145. The molecule has 4 nitrogen and oxygen atoms in total. The van der Waals surface area contributed by atoms with Gasteiger partial charge in [-0.05, 0) is 56.9 Å². The third-order valence-electron chi connectivity index (χ3n) is 4.58. The van der Waals surface area contributed by atoms with E-state index >= 15 is 0 Å². The second kappa shape index (κ2) is 5.27. The van der Waals surface area contributed by atoms with Crippen molar-refractivity contribution >= 4 is 28.2 Å². The first-order valence-corrected chi connectivity index (χ1v) is 8.18. The number of fused-ring (bicyclic) bond motifs is 1. The van der Waals surface area contributed by atoms with Crippen LogP contribution in [0.3, 0.4) is 0 Å². The number of pyridine rings is 1. The van der Waals surface area contributed by atoms with Crippen molar-refractivity contribution in [2.75, 3.05) is 23.3 Å². The quantitative estimate of drug-likeness (QED) is 0.942. The van der Waals surface area contributed by atoms with E-state index < -0.39 is 0 Å². The summed E-state index contributed by atoms with van der Waals surface area (Å²) >= 11 is 0. The first-order chi connectivity index (χ1) is 10.7. The molecule has 0 atom stereocenters. The minimum Gasteiger partial charge on any atom is -0.371 e. The van der Waals surface area contributed by atoms with Gasteiger partial charge in [-0.2, -0.15) is 0 Å². The Morgan fingerprint density at radius 3 is 2.73 bits per heavy atom. The van der Waals surface area contributed by atoms with Gasteiger partial charge in [-0.15, -0.1) is 0 Å². The topological polar surface area (TPSA) is 45.2 Å². The van der Waals surface area contributed by atoms with Crippen LogP contribution in [0.1, 0.15) is 31.4 Å². The molecule has 22 heavy (non-hydrogen) atoms. The number of hydrogen-bond acceptors (Lipinski definition) is 3. The summed E-state index contributed by atoms with van der Waals surface area (Å²) in [7, 11) is 0. The van der Waals surface area contributed by atoms with Gasteiger partial charge in [-0.25, -0.2) is 0 Å². The number of benzene rings is 1. The molecule has 0 spiro atoms. The lowest BCUT2D eigenvalue weighted by Crippen LogP contribution is -2.18. The van der Waals surface area contributed by atoms with Crippen molar-refractivity contribution in [2.45, 2.75) is 32.6 Å². The molecule has 4 rings (SSSR count). The van der Waals surface area contributed by atoms with E-state index in [9.17, 15) is 4.79 Å². The van der Waals surface area contributed by atoms with Gasteiger partial charge < -0.3 is 10.2 Å². The van der Waals surface area contributed by atoms with Crippen molar-refractivity contribution in [3.8, 4) is 0 Å². The lowest BCUT2D eigenvalue weighted by atomic mass is 10.1. The normalized spacial score (nSPS) is 18.0. The maximum atomic E-state index is 11.9. The third-order valence-corrected chi connectivity index (χ3v) is 4.58. The number of anilines is 2. The zero-order valence-electron chi connectivity index (χ0n) is 12.9. The van der Waals surface area contributed by atoms with Gasteiger partial charge in [0.25, 0.3) is 0 Å². The Balaban J connectivity index is 1.71. The van der Waals surface area contributed by atoms with Crippen molar-refractivity contribution in [3.05, 3.63) is 30.0 Å². The van der Waals surface area contributed by atoms with Gasteiger partial charge in [0.1, 0.15) is 0 Å². The van der Waals surface area contributed by atoms with Gasteiger partial charge >= 0.3 is 0 Å². The Kier molecular flexibility index (Phi) is 3.25. The van der Waals surface area contributed by atoms with E-state index in [1.807, 2.05) is 19.1 Å². The summed E-state index contributed by atoms with van der Waals surface area (Å²) in [4.78, 5) is 19.0. The molecular weight excluding hydrogens is 274 g/mol. The molecule has 2 aliphatic rings. The molecule has 1 aliphatic carbocycles. The molecule has 1 aromatic carbocycles. The summed E-state index contributed by atoms with van der Waals surface area (Å²) in [6, 6.07) is 8.27. The van der Waals surface area contributed by atoms with Crippen LogP contribution >= 0.6 is 0 Å². The highest BCUT2D eigenvalue weighted by Gasteiger charge is 2.29. The minimum absolute atomic E-state index is 0.145. The Labute approximate surface area is 130 Å². The monoisotopic (exact) mass is 295 g/mol. The van der Waals surface area contributed by atoms with E-state index in [0.717, 1.165) is 42.8 Å². The van der Waals surface area contributed by atoms with Gasteiger partial charge in [0, 0.05) is 41.5 Å². The second-order valence-corrected chi connectivity index (χ2v) is 6.47. The number of aryl methyl sites for hydroxylation is 1. The maximum Gasteiger partial charge on any atom is 0.227 e. The molecule has 1 saturated heterocycles. The molecule has 1 aliphatic heterocycles. The summed E-state index contributed by atoms with van der Waals surface area (Å²) in [6.07, 6.45) is 4.57. The van der Waals surface area contributed by atoms with Crippen LogP contribution in [0.15, 0.2) is 24.3 Å². The molecule has 1 saturated carbocycles. The second-order valence-electron chi connectivity index (χ2n) is 6.47. The van der Waals surface area contributed by atoms with E-state index in [0.29, 0.717) is 0 Å². The fraction of sp³-hybridized carbons (Fsp3) is 0.444. The number of nitrogens with zero attached hydrogens (tertiary/aromatic N) is 2. The van der Waals surface area contributed by atoms with Gasteiger partial charge in [0.2, 0.25) is 5.91 Å². The van der Waals surface area contributed by atoms with Crippen LogP contribution in [0.25, 0.3) is 10.9 Å². The lowest BCUT2D eigenvalue weighted by Gasteiger charge is -2.20. The first kappa shape index (κ1) is 13.6. The zero-order chi connectivity index (χ0) is 15.1. The van der Waals surface area contributed by atoms with Crippen molar-refractivity contribution in [2.24, 2.45) is 5.92 Å². The van der Waals surface area contributed by atoms with Gasteiger partial charge in [-0.3, -0.25) is 9.78 Å². The molecule has 0 unspecified atom stereocenters. The summed E-state index contributed by atoms with van der Waals surface area (Å²) in [5.74, 6) is 0.369. The van der Waals surface area contributed by atoms with Crippen LogP contribution in [0, 0.1) is 12.8 Å². The molecule has 0 radical (unpaired) electrons. The standard InChI is InChI=1S/C18H21N3O/c1-12-10-17(21-8-2-3-9-21)15-7-6-14(11-16(15)19-12)20-18(22)13-4-5-13/h6-7,10-11,13H,2-5,8-9H2,1H3,(H,20,22). The van der Waals surface area contributed by atoms with Crippen molar-refractivity contribution in [1.29, 1.82) is 0 Å². The van der Waals surface area contributed by atoms with Gasteiger partial charge in [0.05, 0.1) is 5.52 Å². The van der Waals surface area contributed by atoms with Crippen LogP contribution in [0.5, 0.6) is 0 Å². The number of amides is 1. The van der Waals surface area contributed by atoms with E-state index in [4.69, 9.17) is 0 Å². The highest BCUT2D eigenvalue weighted by atomic mass is 16.2. The summed E-state index contributed by atoms with van der Waals surface area (Å²) in [5, 5.41) is 4.19. The van der Waals surface area contributed by atoms with E-state index in [2.05, 4.69) is 27.3 Å². The van der Waals surface area contributed by atoms with Crippen molar-refractivity contribution < 1.29 is 4.79 Å². The lowest BCUT2D eigenvalue weighted by molar-refractivity contribution is -0.117. The number of hydrogen-bond donors (Lipinski definition) is 1. The number of carbonyl (C=O) groups is 1. The molecule has 4 heteroatoms. The van der Waals surface area contributed by atoms with Gasteiger partial charge in [0.15, 0.2) is 0 Å². The Morgan fingerprint density at radius 1 is 1.23 bits per heavy atom. The molecule has 114 valence electrons. The highest BCUT2D eigenvalue weighted by molar-refractivity contribution is 5.98. The number of nitrogens with one attached hydrogen (secondary N) is 1. The first-order valence-electron chi connectivity index (χ1n) is 8.18. The van der Waals surface area contributed by atoms with Crippen LogP contribution in [-0.4, -0.2) is 24.0 Å². The predicted octanol–water partition coefficient (Wildman–Crippen LogP) is 3.49. The maximum absolute atomic E-state index is 11.9. The van der Waals surface area contributed by atoms with Crippen molar-refractivity contribution in [3.63, 3.8) is 0 Å². The molecule has 0 bridgehead atoms. The number of carbonyl (C=O) groups excluding carboxylic acids is 1. The van der Waals surface area contributed by atoms with Gasteiger partial charge in [-0.1, -0.05) is 0 Å². The SMILES string of the molecule is Cc1cc(N2CCCC2)c2ccc(NC(=O)C3CC3)cc2n1. The summed E-state index contributed by atoms with van der Waals surface area (Å²) in [6.45, 7) is 4.28.